The van der Waals surface area contributed by atoms with E-state index in [1.165, 1.54) is 11.8 Å². The van der Waals surface area contributed by atoms with Gasteiger partial charge in [-0.15, -0.1) is 0 Å². The van der Waals surface area contributed by atoms with E-state index < -0.39 is 17.9 Å². The number of carbonyl (C=O) groups excluding carboxylic acids is 4. The van der Waals surface area contributed by atoms with Gasteiger partial charge in [-0.25, -0.2) is 0 Å². The monoisotopic (exact) mass is 342 g/mol. The highest BCUT2D eigenvalue weighted by molar-refractivity contribution is 6.14. The average molecular weight is 342 g/mol. The number of nitrogens with zero attached hydrogens (tertiary/aromatic N) is 2. The molecule has 0 aliphatic carbocycles. The van der Waals surface area contributed by atoms with Crippen LogP contribution in [-0.4, -0.2) is 40.4 Å². The predicted molar refractivity (Wildman–Crippen MR) is 89.9 cm³/mol. The molecular weight excluding hydrogens is 324 g/mol. The minimum atomic E-state index is -0.805. The third-order valence-corrected chi connectivity index (χ3v) is 4.20. The van der Waals surface area contributed by atoms with Crippen LogP contribution in [0.3, 0.4) is 0 Å². The van der Waals surface area contributed by atoms with Crippen LogP contribution in [0.5, 0.6) is 0 Å². The molecule has 0 aromatic heterocycles. The summed E-state index contributed by atoms with van der Waals surface area (Å²) in [5.41, 5.74) is 1.51. The van der Waals surface area contributed by atoms with Crippen LogP contribution in [0.2, 0.25) is 0 Å². The molecule has 2 heterocycles. The normalized spacial score (nSPS) is 22.5. The average Bonchev–Trinajstić information content (AvgIpc) is 2.54. The SMILES string of the molecule is CC(=O)Nc1ccc2cc1C(=O)N(C1CCC(=O)NC1=O)/C(C)=N\C2. The molecule has 2 aliphatic rings. The molecule has 1 saturated heterocycles. The van der Waals surface area contributed by atoms with Crippen LogP contribution in [0.1, 0.15) is 42.6 Å². The molecule has 1 aromatic rings. The van der Waals surface area contributed by atoms with E-state index in [0.717, 1.165) is 5.56 Å². The van der Waals surface area contributed by atoms with Crippen LogP contribution in [0.4, 0.5) is 5.69 Å². The third-order valence-electron chi connectivity index (χ3n) is 4.20. The van der Waals surface area contributed by atoms with Crippen molar-refractivity contribution in [1.82, 2.24) is 10.2 Å². The zero-order valence-electron chi connectivity index (χ0n) is 14.0. The van der Waals surface area contributed by atoms with Crippen molar-refractivity contribution >= 4 is 35.2 Å². The molecule has 2 aliphatic heterocycles. The van der Waals surface area contributed by atoms with E-state index >= 15 is 0 Å². The van der Waals surface area contributed by atoms with Crippen LogP contribution in [0.15, 0.2) is 23.2 Å². The lowest BCUT2D eigenvalue weighted by molar-refractivity contribution is -0.136. The van der Waals surface area contributed by atoms with Crippen molar-refractivity contribution in [3.63, 3.8) is 0 Å². The van der Waals surface area contributed by atoms with Crippen LogP contribution in [0.25, 0.3) is 0 Å². The van der Waals surface area contributed by atoms with Crippen molar-refractivity contribution in [3.8, 4) is 0 Å². The second-order valence-corrected chi connectivity index (χ2v) is 6.07. The lowest BCUT2D eigenvalue weighted by atomic mass is 10.0. The van der Waals surface area contributed by atoms with Gasteiger partial charge in [0.15, 0.2) is 0 Å². The molecule has 25 heavy (non-hydrogen) atoms. The van der Waals surface area contributed by atoms with E-state index in [9.17, 15) is 19.2 Å². The van der Waals surface area contributed by atoms with Gasteiger partial charge in [0.05, 0.1) is 17.8 Å². The largest absolute Gasteiger partial charge is 0.326 e. The second kappa shape index (κ2) is 6.46. The number of carbonyl (C=O) groups is 4. The summed E-state index contributed by atoms with van der Waals surface area (Å²) in [5.74, 6) is -1.19. The number of rotatable bonds is 2. The Balaban J connectivity index is 2.03. The summed E-state index contributed by atoms with van der Waals surface area (Å²) in [4.78, 5) is 53.9. The highest BCUT2D eigenvalue weighted by Gasteiger charge is 2.37. The molecule has 8 heteroatoms. The van der Waals surface area contributed by atoms with E-state index in [4.69, 9.17) is 0 Å². The molecule has 1 atom stereocenters. The Morgan fingerprint density at radius 2 is 2.08 bits per heavy atom. The van der Waals surface area contributed by atoms with Gasteiger partial charge in [-0.1, -0.05) is 6.07 Å². The lowest BCUT2D eigenvalue weighted by Gasteiger charge is -2.34. The quantitative estimate of drug-likeness (QED) is 0.776. The number of amides is 4. The van der Waals surface area contributed by atoms with Crippen molar-refractivity contribution < 1.29 is 19.2 Å². The number of benzene rings is 1. The molecule has 0 spiro atoms. The maximum atomic E-state index is 13.1. The van der Waals surface area contributed by atoms with E-state index in [0.29, 0.717) is 23.6 Å². The molecule has 0 radical (unpaired) electrons. The summed E-state index contributed by atoms with van der Waals surface area (Å²) >= 11 is 0. The highest BCUT2D eigenvalue weighted by Crippen LogP contribution is 2.25. The smallest absolute Gasteiger partial charge is 0.262 e. The summed E-state index contributed by atoms with van der Waals surface area (Å²) in [6, 6.07) is 4.31. The van der Waals surface area contributed by atoms with Gasteiger partial charge in [0, 0.05) is 13.3 Å². The highest BCUT2D eigenvalue weighted by atomic mass is 16.2. The third kappa shape index (κ3) is 3.28. The van der Waals surface area contributed by atoms with E-state index in [-0.39, 0.29) is 24.7 Å². The molecular formula is C17H18N4O4. The number of hydrogen-bond acceptors (Lipinski definition) is 5. The Labute approximate surface area is 144 Å². The maximum absolute atomic E-state index is 13.1. The molecule has 2 N–H and O–H groups in total. The molecule has 8 nitrogen and oxygen atoms in total. The molecule has 2 bridgehead atoms. The Kier molecular flexibility index (Phi) is 4.35. The van der Waals surface area contributed by atoms with Gasteiger partial charge in [0.2, 0.25) is 17.7 Å². The molecule has 1 unspecified atom stereocenters. The van der Waals surface area contributed by atoms with E-state index in [2.05, 4.69) is 15.6 Å². The van der Waals surface area contributed by atoms with Crippen molar-refractivity contribution in [1.29, 1.82) is 0 Å². The fraction of sp³-hybridized carbons (Fsp3) is 0.353. The zero-order chi connectivity index (χ0) is 18.1. The number of aliphatic imine (C=N–C) groups is 1. The fourth-order valence-electron chi connectivity index (χ4n) is 3.02. The first kappa shape index (κ1) is 16.8. The Hall–Kier alpha value is -3.03. The van der Waals surface area contributed by atoms with Gasteiger partial charge in [0.25, 0.3) is 5.91 Å². The van der Waals surface area contributed by atoms with E-state index in [1.807, 2.05) is 0 Å². The standard InChI is InChI=1S/C17H18N4O4/c1-9-18-8-11-3-4-13(19-10(2)22)12(7-11)17(25)21(9)14-5-6-15(23)20-16(14)24/h3-4,7,14H,5-6,8H2,1-2H3,(H,19,22)(H,20,23,24)/b18-9-. The Morgan fingerprint density at radius 3 is 2.76 bits per heavy atom. The van der Waals surface area contributed by atoms with Crippen molar-refractivity contribution in [2.75, 3.05) is 5.32 Å². The summed E-state index contributed by atoms with van der Waals surface area (Å²) in [6.07, 6.45) is 0.393. The predicted octanol–water partition coefficient (Wildman–Crippen LogP) is 0.824. The first-order valence-electron chi connectivity index (χ1n) is 7.95. The van der Waals surface area contributed by atoms with E-state index in [1.54, 1.807) is 25.1 Å². The minimum Gasteiger partial charge on any atom is -0.326 e. The molecule has 130 valence electrons. The summed E-state index contributed by atoms with van der Waals surface area (Å²) in [5, 5.41) is 4.90. The minimum absolute atomic E-state index is 0.159. The molecule has 0 saturated carbocycles. The van der Waals surface area contributed by atoms with Crippen molar-refractivity contribution in [3.05, 3.63) is 29.3 Å². The van der Waals surface area contributed by atoms with Crippen LogP contribution in [0, 0.1) is 0 Å². The van der Waals surface area contributed by atoms with Crippen LogP contribution < -0.4 is 10.6 Å². The number of fused-ring (bicyclic) bond motifs is 2. The molecule has 3 rings (SSSR count). The van der Waals surface area contributed by atoms with Gasteiger partial charge >= 0.3 is 0 Å². The summed E-state index contributed by atoms with van der Waals surface area (Å²) < 4.78 is 0. The zero-order valence-corrected chi connectivity index (χ0v) is 14.0. The Bertz CT molecular complexity index is 815. The van der Waals surface area contributed by atoms with Gasteiger partial charge in [0.1, 0.15) is 11.9 Å². The van der Waals surface area contributed by atoms with Gasteiger partial charge in [-0.3, -0.25) is 34.4 Å². The molecule has 1 aromatic carbocycles. The first-order valence-corrected chi connectivity index (χ1v) is 7.95. The number of amidine groups is 1. The number of anilines is 1. The van der Waals surface area contributed by atoms with Gasteiger partial charge in [-0.2, -0.15) is 0 Å². The first-order chi connectivity index (χ1) is 11.9. The van der Waals surface area contributed by atoms with Crippen LogP contribution >= 0.6 is 0 Å². The number of piperidine rings is 1. The molecule has 4 amide bonds. The molecule has 1 fully saturated rings. The van der Waals surface area contributed by atoms with Gasteiger partial charge < -0.3 is 5.32 Å². The van der Waals surface area contributed by atoms with Gasteiger partial charge in [-0.05, 0) is 31.0 Å². The Morgan fingerprint density at radius 1 is 1.32 bits per heavy atom. The maximum Gasteiger partial charge on any atom is 0.262 e. The summed E-state index contributed by atoms with van der Waals surface area (Å²) in [6.45, 7) is 3.38. The van der Waals surface area contributed by atoms with Crippen molar-refractivity contribution in [2.24, 2.45) is 4.99 Å². The number of nitrogens with one attached hydrogen (secondary N) is 2. The second-order valence-electron chi connectivity index (χ2n) is 6.07. The number of hydrogen-bond donors (Lipinski definition) is 2. The topological polar surface area (TPSA) is 108 Å². The number of imide groups is 1. The van der Waals surface area contributed by atoms with Crippen molar-refractivity contribution in [2.45, 2.75) is 39.3 Å². The van der Waals surface area contributed by atoms with Crippen LogP contribution in [-0.2, 0) is 20.9 Å². The fourth-order valence-corrected chi connectivity index (χ4v) is 3.02. The lowest BCUT2D eigenvalue weighted by Crippen LogP contribution is -2.56. The summed E-state index contributed by atoms with van der Waals surface area (Å²) in [7, 11) is 0.